The van der Waals surface area contributed by atoms with Gasteiger partial charge in [0.15, 0.2) is 0 Å². The molecule has 1 aliphatic heterocycles. The highest BCUT2D eigenvalue weighted by Gasteiger charge is 2.18. The van der Waals surface area contributed by atoms with E-state index in [1.807, 2.05) is 30.3 Å². The number of rotatable bonds is 2. The summed E-state index contributed by atoms with van der Waals surface area (Å²) < 4.78 is 0. The third-order valence-electron chi connectivity index (χ3n) is 3.48. The minimum atomic E-state index is 0.699. The predicted molar refractivity (Wildman–Crippen MR) is 77.6 cm³/mol. The van der Waals surface area contributed by atoms with Crippen LogP contribution in [-0.2, 0) is 0 Å². The lowest BCUT2D eigenvalue weighted by atomic mass is 10.2. The molecule has 5 heteroatoms. The van der Waals surface area contributed by atoms with Gasteiger partial charge in [-0.05, 0) is 30.3 Å². The molecule has 0 saturated carbocycles. The van der Waals surface area contributed by atoms with Gasteiger partial charge in [0.1, 0.15) is 0 Å². The molecule has 2 aromatic rings. The Balaban J connectivity index is 1.65. The molecule has 0 amide bonds. The van der Waals surface area contributed by atoms with Crippen LogP contribution < -0.4 is 9.80 Å². The zero-order valence-electron chi connectivity index (χ0n) is 11.1. The van der Waals surface area contributed by atoms with Gasteiger partial charge >= 0.3 is 0 Å². The number of nitriles is 1. The van der Waals surface area contributed by atoms with Crippen molar-refractivity contribution in [1.82, 2.24) is 9.97 Å². The molecule has 1 aromatic carbocycles. The van der Waals surface area contributed by atoms with Gasteiger partial charge in [0.2, 0.25) is 5.95 Å². The van der Waals surface area contributed by atoms with E-state index in [0.29, 0.717) is 5.56 Å². The number of hydrogen-bond acceptors (Lipinski definition) is 5. The van der Waals surface area contributed by atoms with Gasteiger partial charge in [-0.3, -0.25) is 0 Å². The molecular weight excluding hydrogens is 250 g/mol. The Bertz CT molecular complexity index is 594. The fourth-order valence-electron chi connectivity index (χ4n) is 2.37. The third kappa shape index (κ3) is 2.54. The van der Waals surface area contributed by atoms with Crippen molar-refractivity contribution in [3.63, 3.8) is 0 Å². The van der Waals surface area contributed by atoms with Crippen LogP contribution in [0.3, 0.4) is 0 Å². The SMILES string of the molecule is N#Cc1ccc(N2CCN(c3ncccn3)CC2)cc1. The Morgan fingerprint density at radius 3 is 2.10 bits per heavy atom. The van der Waals surface area contributed by atoms with Gasteiger partial charge in [-0.15, -0.1) is 0 Å². The second-order valence-corrected chi connectivity index (χ2v) is 4.68. The zero-order valence-corrected chi connectivity index (χ0v) is 11.1. The van der Waals surface area contributed by atoms with Gasteiger partial charge in [-0.1, -0.05) is 0 Å². The molecule has 5 nitrogen and oxygen atoms in total. The molecule has 0 unspecified atom stereocenters. The summed E-state index contributed by atoms with van der Waals surface area (Å²) in [5, 5.41) is 8.82. The van der Waals surface area contributed by atoms with E-state index in [0.717, 1.165) is 37.8 Å². The Morgan fingerprint density at radius 2 is 1.50 bits per heavy atom. The average Bonchev–Trinajstić information content (AvgIpc) is 2.56. The van der Waals surface area contributed by atoms with Crippen LogP contribution in [0.2, 0.25) is 0 Å². The van der Waals surface area contributed by atoms with Crippen molar-refractivity contribution in [3.8, 4) is 6.07 Å². The molecule has 0 aliphatic carbocycles. The van der Waals surface area contributed by atoms with Crippen LogP contribution >= 0.6 is 0 Å². The maximum absolute atomic E-state index is 8.82. The molecule has 0 N–H and O–H groups in total. The van der Waals surface area contributed by atoms with Gasteiger partial charge in [0, 0.05) is 44.3 Å². The van der Waals surface area contributed by atoms with E-state index in [4.69, 9.17) is 5.26 Å². The van der Waals surface area contributed by atoms with Gasteiger partial charge in [-0.2, -0.15) is 5.26 Å². The van der Waals surface area contributed by atoms with Gasteiger partial charge in [-0.25, -0.2) is 9.97 Å². The minimum absolute atomic E-state index is 0.699. The minimum Gasteiger partial charge on any atom is -0.368 e. The summed E-state index contributed by atoms with van der Waals surface area (Å²) in [6.45, 7) is 3.68. The fourth-order valence-corrected chi connectivity index (χ4v) is 2.37. The quantitative estimate of drug-likeness (QED) is 0.826. The molecule has 2 heterocycles. The average molecular weight is 265 g/mol. The van der Waals surface area contributed by atoms with Crippen LogP contribution in [0.4, 0.5) is 11.6 Å². The van der Waals surface area contributed by atoms with Crippen molar-refractivity contribution >= 4 is 11.6 Å². The standard InChI is InChI=1S/C15H15N5/c16-12-13-2-4-14(5-3-13)19-8-10-20(11-9-19)15-17-6-1-7-18-15/h1-7H,8-11H2. The Kier molecular flexibility index (Phi) is 3.46. The van der Waals surface area contributed by atoms with Crippen molar-refractivity contribution in [2.45, 2.75) is 0 Å². The molecule has 1 fully saturated rings. The lowest BCUT2D eigenvalue weighted by Crippen LogP contribution is -2.47. The van der Waals surface area contributed by atoms with Crippen LogP contribution in [0.15, 0.2) is 42.7 Å². The number of anilines is 2. The molecule has 20 heavy (non-hydrogen) atoms. The van der Waals surface area contributed by atoms with Crippen LogP contribution in [0.25, 0.3) is 0 Å². The van der Waals surface area contributed by atoms with E-state index in [9.17, 15) is 0 Å². The smallest absolute Gasteiger partial charge is 0.225 e. The van der Waals surface area contributed by atoms with Crippen LogP contribution in [0.5, 0.6) is 0 Å². The summed E-state index contributed by atoms with van der Waals surface area (Å²) in [6.07, 6.45) is 3.55. The normalized spacial score (nSPS) is 14.9. The summed E-state index contributed by atoms with van der Waals surface area (Å²) >= 11 is 0. The molecule has 0 atom stereocenters. The van der Waals surface area contributed by atoms with Crippen LogP contribution in [-0.4, -0.2) is 36.1 Å². The molecule has 0 bridgehead atoms. The Hall–Kier alpha value is -2.61. The molecule has 0 radical (unpaired) electrons. The first-order valence-corrected chi connectivity index (χ1v) is 6.64. The lowest BCUT2D eigenvalue weighted by molar-refractivity contribution is 0.640. The second kappa shape index (κ2) is 5.57. The molecular formula is C15H15N5. The number of hydrogen-bond donors (Lipinski definition) is 0. The third-order valence-corrected chi connectivity index (χ3v) is 3.48. The largest absolute Gasteiger partial charge is 0.368 e. The first-order chi connectivity index (χ1) is 9.86. The van der Waals surface area contributed by atoms with Crippen LogP contribution in [0.1, 0.15) is 5.56 Å². The van der Waals surface area contributed by atoms with Crippen molar-refractivity contribution < 1.29 is 0 Å². The van der Waals surface area contributed by atoms with E-state index in [2.05, 4.69) is 25.8 Å². The molecule has 1 aromatic heterocycles. The summed E-state index contributed by atoms with van der Waals surface area (Å²) in [5.74, 6) is 0.798. The lowest BCUT2D eigenvalue weighted by Gasteiger charge is -2.36. The van der Waals surface area contributed by atoms with Crippen LogP contribution in [0, 0.1) is 11.3 Å². The number of piperazine rings is 1. The van der Waals surface area contributed by atoms with Gasteiger partial charge in [0.05, 0.1) is 11.6 Å². The van der Waals surface area contributed by atoms with Gasteiger partial charge in [0.25, 0.3) is 0 Å². The Morgan fingerprint density at radius 1 is 0.900 bits per heavy atom. The first-order valence-electron chi connectivity index (χ1n) is 6.64. The summed E-state index contributed by atoms with van der Waals surface area (Å²) in [6, 6.07) is 11.7. The zero-order chi connectivity index (χ0) is 13.8. The summed E-state index contributed by atoms with van der Waals surface area (Å²) in [4.78, 5) is 13.1. The van der Waals surface area contributed by atoms with E-state index >= 15 is 0 Å². The molecule has 3 rings (SSSR count). The van der Waals surface area contributed by atoms with Crippen molar-refractivity contribution in [3.05, 3.63) is 48.3 Å². The highest BCUT2D eigenvalue weighted by Crippen LogP contribution is 2.18. The molecule has 1 aliphatic rings. The van der Waals surface area contributed by atoms with Gasteiger partial charge < -0.3 is 9.80 Å². The van der Waals surface area contributed by atoms with E-state index in [1.165, 1.54) is 0 Å². The first kappa shape index (κ1) is 12.4. The highest BCUT2D eigenvalue weighted by molar-refractivity contribution is 5.51. The monoisotopic (exact) mass is 265 g/mol. The van der Waals surface area contributed by atoms with Crippen molar-refractivity contribution in [2.75, 3.05) is 36.0 Å². The molecule has 0 spiro atoms. The molecule has 100 valence electrons. The van der Waals surface area contributed by atoms with Crippen molar-refractivity contribution in [2.24, 2.45) is 0 Å². The highest BCUT2D eigenvalue weighted by atomic mass is 15.3. The van der Waals surface area contributed by atoms with Crippen molar-refractivity contribution in [1.29, 1.82) is 5.26 Å². The number of benzene rings is 1. The van der Waals surface area contributed by atoms with E-state index in [1.54, 1.807) is 12.4 Å². The predicted octanol–water partition coefficient (Wildman–Crippen LogP) is 1.67. The number of nitrogens with zero attached hydrogens (tertiary/aromatic N) is 5. The maximum atomic E-state index is 8.82. The topological polar surface area (TPSA) is 56.1 Å². The molecule has 1 saturated heterocycles. The van der Waals surface area contributed by atoms with E-state index in [-0.39, 0.29) is 0 Å². The van der Waals surface area contributed by atoms with E-state index < -0.39 is 0 Å². The fraction of sp³-hybridized carbons (Fsp3) is 0.267. The second-order valence-electron chi connectivity index (χ2n) is 4.68. The summed E-state index contributed by atoms with van der Waals surface area (Å²) in [7, 11) is 0. The summed E-state index contributed by atoms with van der Waals surface area (Å²) in [5.41, 5.74) is 1.86. The number of aromatic nitrogens is 2. The Labute approximate surface area is 118 Å². The maximum Gasteiger partial charge on any atom is 0.225 e.